The second-order valence-corrected chi connectivity index (χ2v) is 4.12. The molecule has 0 bridgehead atoms. The number of rotatable bonds is 5. The summed E-state index contributed by atoms with van der Waals surface area (Å²) in [5, 5.41) is 8.47. The van der Waals surface area contributed by atoms with Crippen LogP contribution < -0.4 is 0 Å². The van der Waals surface area contributed by atoms with E-state index >= 15 is 0 Å². The lowest BCUT2D eigenvalue weighted by molar-refractivity contribution is -0.141. The Morgan fingerprint density at radius 1 is 1.40 bits per heavy atom. The first-order valence-electron chi connectivity index (χ1n) is 5.73. The number of hydrogen-bond acceptors (Lipinski definition) is 3. The molecule has 0 aromatic carbocycles. The van der Waals surface area contributed by atoms with Crippen molar-refractivity contribution in [3.05, 3.63) is 29.6 Å². The van der Waals surface area contributed by atoms with Gasteiger partial charge in [-0.3, -0.25) is 14.6 Å². The molecule has 0 atom stereocenters. The Morgan fingerprint density at radius 3 is 2.60 bits per heavy atom. The van der Waals surface area contributed by atoms with Crippen molar-refractivity contribution in [2.45, 2.75) is 19.0 Å². The van der Waals surface area contributed by atoms with Gasteiger partial charge in [0.1, 0.15) is 0 Å². The van der Waals surface area contributed by atoms with Crippen LogP contribution in [-0.4, -0.2) is 40.5 Å². The van der Waals surface area contributed by atoms with Crippen LogP contribution >= 0.6 is 0 Å². The van der Waals surface area contributed by atoms with Crippen LogP contribution in [0.1, 0.15) is 28.9 Å². The van der Waals surface area contributed by atoms with Gasteiger partial charge >= 0.3 is 12.1 Å². The van der Waals surface area contributed by atoms with Crippen LogP contribution in [0.4, 0.5) is 13.2 Å². The number of pyridine rings is 1. The number of carbonyl (C=O) groups excluding carboxylic acids is 1. The van der Waals surface area contributed by atoms with Gasteiger partial charge in [0.15, 0.2) is 5.69 Å². The molecule has 1 rings (SSSR count). The minimum atomic E-state index is -4.71. The lowest BCUT2D eigenvalue weighted by Crippen LogP contribution is -2.30. The maximum Gasteiger partial charge on any atom is 0.434 e. The average Bonchev–Trinajstić information content (AvgIpc) is 2.36. The second-order valence-electron chi connectivity index (χ2n) is 4.12. The third kappa shape index (κ3) is 4.22. The zero-order chi connectivity index (χ0) is 15.3. The molecular formula is C12H13F3N2O3. The van der Waals surface area contributed by atoms with Crippen molar-refractivity contribution in [2.75, 3.05) is 13.6 Å². The number of aliphatic carboxylic acids is 1. The average molecular weight is 290 g/mol. The summed E-state index contributed by atoms with van der Waals surface area (Å²) in [6.07, 6.45) is -3.74. The molecule has 0 unspecified atom stereocenters. The van der Waals surface area contributed by atoms with Crippen molar-refractivity contribution >= 4 is 11.9 Å². The van der Waals surface area contributed by atoms with Gasteiger partial charge in [-0.25, -0.2) is 0 Å². The number of aromatic nitrogens is 1. The van der Waals surface area contributed by atoms with Crippen LogP contribution in [0.2, 0.25) is 0 Å². The van der Waals surface area contributed by atoms with Gasteiger partial charge < -0.3 is 10.0 Å². The summed E-state index contributed by atoms with van der Waals surface area (Å²) in [4.78, 5) is 26.5. The summed E-state index contributed by atoms with van der Waals surface area (Å²) in [6.45, 7) is 0.0529. The standard InChI is InChI=1S/C12H13F3N2O3/c1-17(7-3-5-9(18)19)11(20)8-4-2-6-16-10(8)12(13,14)15/h2,4,6H,3,5,7H2,1H3,(H,18,19). The molecule has 0 aliphatic carbocycles. The van der Waals surface area contributed by atoms with Gasteiger partial charge in [-0.2, -0.15) is 13.2 Å². The van der Waals surface area contributed by atoms with Crippen LogP contribution in [0.25, 0.3) is 0 Å². The maximum absolute atomic E-state index is 12.7. The fourth-order valence-corrected chi connectivity index (χ4v) is 1.58. The molecule has 1 N–H and O–H groups in total. The van der Waals surface area contributed by atoms with Gasteiger partial charge in [0.2, 0.25) is 0 Å². The van der Waals surface area contributed by atoms with E-state index < -0.39 is 29.3 Å². The number of halogens is 3. The number of carbonyl (C=O) groups is 2. The molecule has 110 valence electrons. The minimum Gasteiger partial charge on any atom is -0.481 e. The largest absolute Gasteiger partial charge is 0.481 e. The van der Waals surface area contributed by atoms with E-state index in [2.05, 4.69) is 4.98 Å². The summed E-state index contributed by atoms with van der Waals surface area (Å²) >= 11 is 0. The topological polar surface area (TPSA) is 70.5 Å². The van der Waals surface area contributed by atoms with Crippen LogP contribution in [0.5, 0.6) is 0 Å². The summed E-state index contributed by atoms with van der Waals surface area (Å²) in [5.41, 5.74) is -1.78. The van der Waals surface area contributed by atoms with E-state index in [1.165, 1.54) is 13.1 Å². The van der Waals surface area contributed by atoms with E-state index in [1.54, 1.807) is 0 Å². The highest BCUT2D eigenvalue weighted by atomic mass is 19.4. The Morgan fingerprint density at radius 2 is 2.05 bits per heavy atom. The molecule has 1 aromatic rings. The van der Waals surface area contributed by atoms with Gasteiger partial charge in [0, 0.05) is 26.2 Å². The van der Waals surface area contributed by atoms with Crippen molar-refractivity contribution in [1.82, 2.24) is 9.88 Å². The summed E-state index contributed by atoms with van der Waals surface area (Å²) in [7, 11) is 1.32. The van der Waals surface area contributed by atoms with Crippen LogP contribution in [-0.2, 0) is 11.0 Å². The SMILES string of the molecule is CN(CCCC(=O)O)C(=O)c1cccnc1C(F)(F)F. The number of alkyl halides is 3. The first-order chi connectivity index (χ1) is 9.23. The van der Waals surface area contributed by atoms with Crippen LogP contribution in [0, 0.1) is 0 Å². The zero-order valence-corrected chi connectivity index (χ0v) is 10.6. The van der Waals surface area contributed by atoms with Crippen LogP contribution in [0.15, 0.2) is 18.3 Å². The molecule has 8 heteroatoms. The van der Waals surface area contributed by atoms with E-state index in [4.69, 9.17) is 5.11 Å². The highest BCUT2D eigenvalue weighted by Crippen LogP contribution is 2.30. The minimum absolute atomic E-state index is 0.0529. The molecule has 0 radical (unpaired) electrons. The van der Waals surface area contributed by atoms with Crippen molar-refractivity contribution < 1.29 is 27.9 Å². The van der Waals surface area contributed by atoms with Gasteiger partial charge in [0.25, 0.3) is 5.91 Å². The van der Waals surface area contributed by atoms with E-state index in [9.17, 15) is 22.8 Å². The summed E-state index contributed by atoms with van der Waals surface area (Å²) in [6, 6.07) is 2.29. The summed E-state index contributed by atoms with van der Waals surface area (Å²) < 4.78 is 38.2. The van der Waals surface area contributed by atoms with Crippen molar-refractivity contribution in [3.8, 4) is 0 Å². The molecule has 0 saturated heterocycles. The molecule has 0 fully saturated rings. The maximum atomic E-state index is 12.7. The zero-order valence-electron chi connectivity index (χ0n) is 10.6. The molecule has 1 aromatic heterocycles. The molecular weight excluding hydrogens is 277 g/mol. The van der Waals surface area contributed by atoms with Crippen molar-refractivity contribution in [1.29, 1.82) is 0 Å². The third-order valence-electron chi connectivity index (χ3n) is 2.54. The number of nitrogens with zero attached hydrogens (tertiary/aromatic N) is 2. The number of hydrogen-bond donors (Lipinski definition) is 1. The van der Waals surface area contributed by atoms with Crippen LogP contribution in [0.3, 0.4) is 0 Å². The first-order valence-corrected chi connectivity index (χ1v) is 5.73. The molecule has 0 aliphatic rings. The second kappa shape index (κ2) is 6.36. The number of carboxylic acids is 1. The fraction of sp³-hybridized carbons (Fsp3) is 0.417. The lowest BCUT2D eigenvalue weighted by Gasteiger charge is -2.18. The molecule has 1 heterocycles. The smallest absolute Gasteiger partial charge is 0.434 e. The van der Waals surface area contributed by atoms with Crippen molar-refractivity contribution in [2.24, 2.45) is 0 Å². The molecule has 5 nitrogen and oxygen atoms in total. The van der Waals surface area contributed by atoms with E-state index in [0.29, 0.717) is 0 Å². The monoisotopic (exact) mass is 290 g/mol. The van der Waals surface area contributed by atoms with Crippen molar-refractivity contribution in [3.63, 3.8) is 0 Å². The Labute approximate surface area is 113 Å². The highest BCUT2D eigenvalue weighted by Gasteiger charge is 2.37. The molecule has 0 saturated carbocycles. The molecule has 20 heavy (non-hydrogen) atoms. The fourth-order valence-electron chi connectivity index (χ4n) is 1.58. The quantitative estimate of drug-likeness (QED) is 0.900. The predicted molar refractivity (Wildman–Crippen MR) is 63.1 cm³/mol. The van der Waals surface area contributed by atoms with Gasteiger partial charge in [0.05, 0.1) is 5.56 Å². The molecule has 1 amide bonds. The van der Waals surface area contributed by atoms with E-state index in [0.717, 1.165) is 17.2 Å². The van der Waals surface area contributed by atoms with E-state index in [-0.39, 0.29) is 19.4 Å². The first kappa shape index (κ1) is 15.9. The number of carboxylic acid groups (broad SMARTS) is 1. The van der Waals surface area contributed by atoms with Gasteiger partial charge in [-0.15, -0.1) is 0 Å². The lowest BCUT2D eigenvalue weighted by atomic mass is 10.1. The normalized spacial score (nSPS) is 11.2. The Balaban J connectivity index is 2.84. The molecule has 0 aliphatic heterocycles. The Hall–Kier alpha value is -2.12. The Kier molecular flexibility index (Phi) is 5.06. The van der Waals surface area contributed by atoms with Gasteiger partial charge in [-0.1, -0.05) is 0 Å². The third-order valence-corrected chi connectivity index (χ3v) is 2.54. The summed E-state index contributed by atoms with van der Waals surface area (Å²) in [5.74, 6) is -1.86. The number of amides is 1. The van der Waals surface area contributed by atoms with Gasteiger partial charge in [-0.05, 0) is 18.6 Å². The predicted octanol–water partition coefficient (Wildman–Crippen LogP) is 2.04. The highest BCUT2D eigenvalue weighted by molar-refractivity contribution is 5.95. The van der Waals surface area contributed by atoms with E-state index in [1.807, 2.05) is 0 Å². The molecule has 0 spiro atoms. The Bertz CT molecular complexity index is 503.